The van der Waals surface area contributed by atoms with Crippen LogP contribution in [0.15, 0.2) is 60.7 Å². The molecular weight excluding hydrogens is 395 g/mol. The molecule has 0 aliphatic heterocycles. The second kappa shape index (κ2) is 9.21. The third-order valence-corrected chi connectivity index (χ3v) is 5.67. The van der Waals surface area contributed by atoms with Gasteiger partial charge in [0.2, 0.25) is 0 Å². The SMILES string of the molecule is CCOc1ccc(F)c(-c2ccc(COc3ccc4c(c3)CC[C@@H](C(=O)O)C4)cc2)c1. The lowest BCUT2D eigenvalue weighted by atomic mass is 9.84. The lowest BCUT2D eigenvalue weighted by molar-refractivity contribution is -0.142. The number of aliphatic carboxylic acids is 1. The van der Waals surface area contributed by atoms with Crippen molar-refractivity contribution < 1.29 is 23.8 Å². The molecule has 3 aromatic rings. The van der Waals surface area contributed by atoms with Crippen LogP contribution in [0.2, 0.25) is 0 Å². The zero-order chi connectivity index (χ0) is 21.8. The first kappa shape index (κ1) is 20.9. The van der Waals surface area contributed by atoms with E-state index in [0.29, 0.717) is 37.4 Å². The van der Waals surface area contributed by atoms with Crippen molar-refractivity contribution in [2.45, 2.75) is 32.8 Å². The number of ether oxygens (including phenoxy) is 2. The maximum absolute atomic E-state index is 14.3. The number of hydrogen-bond donors (Lipinski definition) is 1. The molecule has 1 aliphatic carbocycles. The van der Waals surface area contributed by atoms with E-state index in [9.17, 15) is 14.3 Å². The Bertz CT molecular complexity index is 1080. The minimum absolute atomic E-state index is 0.286. The Balaban J connectivity index is 1.41. The topological polar surface area (TPSA) is 55.8 Å². The predicted octanol–water partition coefficient (Wildman–Crippen LogP) is 5.66. The summed E-state index contributed by atoms with van der Waals surface area (Å²) in [5.74, 6) is 0.114. The Morgan fingerprint density at radius 3 is 2.48 bits per heavy atom. The standard InChI is InChI=1S/C26H25FO4/c1-2-30-23-11-12-25(27)24(15-23)18-5-3-17(4-6-18)16-31-22-10-9-19-13-21(26(28)29)8-7-20(19)14-22/h3-6,9-12,14-15,21H,2,7-8,13,16H2,1H3,(H,28,29)/t21-/m1/s1. The quantitative estimate of drug-likeness (QED) is 0.536. The molecule has 0 bridgehead atoms. The summed E-state index contributed by atoms with van der Waals surface area (Å²) < 4.78 is 25.7. The minimum Gasteiger partial charge on any atom is -0.494 e. The lowest BCUT2D eigenvalue weighted by Gasteiger charge is -2.22. The zero-order valence-corrected chi connectivity index (χ0v) is 17.4. The van der Waals surface area contributed by atoms with Gasteiger partial charge < -0.3 is 14.6 Å². The molecule has 31 heavy (non-hydrogen) atoms. The molecule has 0 amide bonds. The molecule has 1 atom stereocenters. The van der Waals surface area contributed by atoms with Crippen LogP contribution in [-0.4, -0.2) is 17.7 Å². The molecule has 4 rings (SSSR count). The maximum atomic E-state index is 14.3. The molecule has 3 aromatic carbocycles. The van der Waals surface area contributed by atoms with Gasteiger partial charge in [-0.25, -0.2) is 4.39 Å². The van der Waals surface area contributed by atoms with E-state index in [1.54, 1.807) is 12.1 Å². The Kier molecular flexibility index (Phi) is 6.21. The first-order valence-electron chi connectivity index (χ1n) is 10.5. The van der Waals surface area contributed by atoms with Gasteiger partial charge in [-0.15, -0.1) is 0 Å². The van der Waals surface area contributed by atoms with Crippen LogP contribution in [0, 0.1) is 11.7 Å². The molecule has 0 spiro atoms. The summed E-state index contributed by atoms with van der Waals surface area (Å²) in [5, 5.41) is 9.22. The Morgan fingerprint density at radius 1 is 1.00 bits per heavy atom. The van der Waals surface area contributed by atoms with E-state index in [4.69, 9.17) is 9.47 Å². The number of fused-ring (bicyclic) bond motifs is 1. The molecule has 0 radical (unpaired) electrons. The van der Waals surface area contributed by atoms with E-state index in [2.05, 4.69) is 0 Å². The summed E-state index contributed by atoms with van der Waals surface area (Å²) in [7, 11) is 0. The summed E-state index contributed by atoms with van der Waals surface area (Å²) in [6.07, 6.45) is 1.99. The summed E-state index contributed by atoms with van der Waals surface area (Å²) in [6, 6.07) is 18.3. The summed E-state index contributed by atoms with van der Waals surface area (Å²) in [6.45, 7) is 2.83. The van der Waals surface area contributed by atoms with Crippen LogP contribution in [0.4, 0.5) is 4.39 Å². The van der Waals surface area contributed by atoms with E-state index in [1.165, 1.54) is 6.07 Å². The normalized spacial score (nSPS) is 15.2. The van der Waals surface area contributed by atoms with Crippen molar-refractivity contribution in [3.05, 3.63) is 83.2 Å². The third kappa shape index (κ3) is 4.88. The first-order chi connectivity index (χ1) is 15.0. The number of hydrogen-bond acceptors (Lipinski definition) is 3. The zero-order valence-electron chi connectivity index (χ0n) is 17.4. The van der Waals surface area contributed by atoms with Crippen molar-refractivity contribution in [1.82, 2.24) is 0 Å². The number of carboxylic acid groups (broad SMARTS) is 1. The molecule has 0 unspecified atom stereocenters. The van der Waals surface area contributed by atoms with Gasteiger partial charge in [0, 0.05) is 5.56 Å². The average Bonchev–Trinajstić information content (AvgIpc) is 2.79. The van der Waals surface area contributed by atoms with Crippen molar-refractivity contribution in [1.29, 1.82) is 0 Å². The fourth-order valence-electron chi connectivity index (χ4n) is 3.96. The highest BCUT2D eigenvalue weighted by Crippen LogP contribution is 2.30. The Labute approximate surface area is 181 Å². The first-order valence-corrected chi connectivity index (χ1v) is 10.5. The number of aryl methyl sites for hydroxylation is 1. The van der Waals surface area contributed by atoms with E-state index in [1.807, 2.05) is 49.4 Å². The number of carboxylic acids is 1. The van der Waals surface area contributed by atoms with Crippen LogP contribution < -0.4 is 9.47 Å². The maximum Gasteiger partial charge on any atom is 0.306 e. The molecule has 0 heterocycles. The average molecular weight is 420 g/mol. The number of halogens is 1. The van der Waals surface area contributed by atoms with Crippen molar-refractivity contribution in [2.75, 3.05) is 6.61 Å². The van der Waals surface area contributed by atoms with Crippen molar-refractivity contribution in [2.24, 2.45) is 5.92 Å². The lowest BCUT2D eigenvalue weighted by Crippen LogP contribution is -2.22. The molecule has 160 valence electrons. The highest BCUT2D eigenvalue weighted by atomic mass is 19.1. The fraction of sp³-hybridized carbons (Fsp3) is 0.269. The van der Waals surface area contributed by atoms with Crippen LogP contribution in [0.25, 0.3) is 11.1 Å². The molecular formula is C26H25FO4. The van der Waals surface area contributed by atoms with E-state index < -0.39 is 5.97 Å². The van der Waals surface area contributed by atoms with E-state index >= 15 is 0 Å². The van der Waals surface area contributed by atoms with Gasteiger partial charge in [-0.2, -0.15) is 0 Å². The monoisotopic (exact) mass is 420 g/mol. The highest BCUT2D eigenvalue weighted by molar-refractivity contribution is 5.71. The number of carbonyl (C=O) groups is 1. The number of benzene rings is 3. The fourth-order valence-corrected chi connectivity index (χ4v) is 3.96. The predicted molar refractivity (Wildman–Crippen MR) is 117 cm³/mol. The number of rotatable bonds is 7. The Hall–Kier alpha value is -3.34. The largest absolute Gasteiger partial charge is 0.494 e. The van der Waals surface area contributed by atoms with Crippen LogP contribution in [0.1, 0.15) is 30.0 Å². The summed E-state index contributed by atoms with van der Waals surface area (Å²) in [5.41, 5.74) is 4.52. The minimum atomic E-state index is -0.723. The van der Waals surface area contributed by atoms with Gasteiger partial charge >= 0.3 is 5.97 Å². The van der Waals surface area contributed by atoms with Gasteiger partial charge in [0.05, 0.1) is 12.5 Å². The van der Waals surface area contributed by atoms with Crippen molar-refractivity contribution in [3.63, 3.8) is 0 Å². The molecule has 0 fully saturated rings. The molecule has 0 aromatic heterocycles. The van der Waals surface area contributed by atoms with Gasteiger partial charge in [0.1, 0.15) is 23.9 Å². The van der Waals surface area contributed by atoms with Crippen LogP contribution in [0.5, 0.6) is 11.5 Å². The van der Waals surface area contributed by atoms with Gasteiger partial charge in [-0.3, -0.25) is 4.79 Å². The highest BCUT2D eigenvalue weighted by Gasteiger charge is 2.24. The molecule has 0 saturated heterocycles. The molecule has 0 saturated carbocycles. The van der Waals surface area contributed by atoms with E-state index in [-0.39, 0.29) is 11.7 Å². The molecule has 5 heteroatoms. The smallest absolute Gasteiger partial charge is 0.306 e. The van der Waals surface area contributed by atoms with Crippen molar-refractivity contribution in [3.8, 4) is 22.6 Å². The van der Waals surface area contributed by atoms with Gasteiger partial charge in [0.25, 0.3) is 0 Å². The Morgan fingerprint density at radius 2 is 1.74 bits per heavy atom. The van der Waals surface area contributed by atoms with Gasteiger partial charge in [0.15, 0.2) is 0 Å². The third-order valence-electron chi connectivity index (χ3n) is 5.67. The second-order valence-electron chi connectivity index (χ2n) is 7.77. The van der Waals surface area contributed by atoms with Gasteiger partial charge in [-0.05, 0) is 78.8 Å². The van der Waals surface area contributed by atoms with Gasteiger partial charge in [-0.1, -0.05) is 30.3 Å². The molecule has 1 aliphatic rings. The van der Waals surface area contributed by atoms with E-state index in [0.717, 1.165) is 34.4 Å². The molecule has 1 N–H and O–H groups in total. The summed E-state index contributed by atoms with van der Waals surface area (Å²) in [4.78, 5) is 11.2. The van der Waals surface area contributed by atoms with Crippen LogP contribution >= 0.6 is 0 Å². The van der Waals surface area contributed by atoms with Crippen molar-refractivity contribution >= 4 is 5.97 Å². The van der Waals surface area contributed by atoms with Crippen LogP contribution in [0.3, 0.4) is 0 Å². The molecule has 4 nitrogen and oxygen atoms in total. The second-order valence-corrected chi connectivity index (χ2v) is 7.77. The summed E-state index contributed by atoms with van der Waals surface area (Å²) >= 11 is 0. The van der Waals surface area contributed by atoms with Crippen LogP contribution in [-0.2, 0) is 24.2 Å².